The lowest BCUT2D eigenvalue weighted by atomic mass is 9.92. The number of halogens is 3. The Labute approximate surface area is 144 Å². The lowest BCUT2D eigenvalue weighted by Crippen LogP contribution is -2.35. The molecule has 7 heteroatoms. The van der Waals surface area contributed by atoms with Gasteiger partial charge < -0.3 is 10.2 Å². The topological polar surface area (TPSA) is 56.1 Å². The Morgan fingerprint density at radius 1 is 1.32 bits per heavy atom. The molecule has 2 rings (SSSR count). The van der Waals surface area contributed by atoms with Crippen molar-refractivity contribution < 1.29 is 18.0 Å². The number of carbonyl (C=O) groups excluding carboxylic acids is 1. The SMILES string of the molecule is CC1CC(C)CN(/C=C(/C#N)C(=O)Nc2cccc(C(F)(F)F)c2)C1. The molecule has 1 saturated heterocycles. The van der Waals surface area contributed by atoms with E-state index >= 15 is 0 Å². The molecule has 1 fully saturated rings. The third-order valence-electron chi connectivity index (χ3n) is 4.02. The van der Waals surface area contributed by atoms with Crippen LogP contribution in [0.1, 0.15) is 25.8 Å². The number of piperidine rings is 1. The molecule has 0 spiro atoms. The molecule has 4 nitrogen and oxygen atoms in total. The van der Waals surface area contributed by atoms with Crippen LogP contribution in [0.2, 0.25) is 0 Å². The first-order valence-corrected chi connectivity index (χ1v) is 8.03. The van der Waals surface area contributed by atoms with Gasteiger partial charge in [0.2, 0.25) is 0 Å². The standard InChI is InChI=1S/C18H20F3N3O/c1-12-6-13(2)10-24(9-12)11-14(8-22)17(25)23-16-5-3-4-15(7-16)18(19,20)21/h3-5,7,11-13H,6,9-10H2,1-2H3,(H,23,25)/b14-11-. The van der Waals surface area contributed by atoms with Crippen molar-refractivity contribution in [1.29, 1.82) is 5.26 Å². The first-order valence-electron chi connectivity index (χ1n) is 8.03. The number of nitrogens with zero attached hydrogens (tertiary/aromatic N) is 2. The average molecular weight is 351 g/mol. The predicted molar refractivity (Wildman–Crippen MR) is 88.3 cm³/mol. The smallest absolute Gasteiger partial charge is 0.376 e. The lowest BCUT2D eigenvalue weighted by Gasteiger charge is -2.34. The minimum Gasteiger partial charge on any atom is -0.376 e. The summed E-state index contributed by atoms with van der Waals surface area (Å²) in [5.41, 5.74) is -0.980. The number of hydrogen-bond donors (Lipinski definition) is 1. The summed E-state index contributed by atoms with van der Waals surface area (Å²) >= 11 is 0. The van der Waals surface area contributed by atoms with E-state index in [1.165, 1.54) is 18.3 Å². The van der Waals surface area contributed by atoms with E-state index in [1.54, 1.807) is 0 Å². The molecular formula is C18H20F3N3O. The number of alkyl halides is 3. The Morgan fingerprint density at radius 2 is 1.96 bits per heavy atom. The molecule has 134 valence electrons. The molecule has 1 aliphatic rings. The predicted octanol–water partition coefficient (Wildman–Crippen LogP) is 4.03. The van der Waals surface area contributed by atoms with Gasteiger partial charge in [0.15, 0.2) is 0 Å². The van der Waals surface area contributed by atoms with Crippen molar-refractivity contribution in [2.45, 2.75) is 26.4 Å². The van der Waals surface area contributed by atoms with Gasteiger partial charge in [-0.25, -0.2) is 0 Å². The second kappa shape index (κ2) is 7.60. The monoisotopic (exact) mass is 351 g/mol. The van der Waals surface area contributed by atoms with Gasteiger partial charge in [-0.1, -0.05) is 19.9 Å². The molecule has 0 saturated carbocycles. The van der Waals surface area contributed by atoms with E-state index in [0.717, 1.165) is 31.6 Å². The molecule has 1 heterocycles. The van der Waals surface area contributed by atoms with Gasteiger partial charge in [-0.05, 0) is 36.5 Å². The number of hydrogen-bond acceptors (Lipinski definition) is 3. The molecule has 0 bridgehead atoms. The Hall–Kier alpha value is -2.49. The van der Waals surface area contributed by atoms with Gasteiger partial charge in [-0.3, -0.25) is 4.79 Å². The van der Waals surface area contributed by atoms with E-state index in [4.69, 9.17) is 0 Å². The Kier molecular flexibility index (Phi) is 5.73. The highest BCUT2D eigenvalue weighted by Crippen LogP contribution is 2.30. The molecule has 0 aromatic heterocycles. The molecule has 1 aliphatic heterocycles. The number of nitriles is 1. The van der Waals surface area contributed by atoms with Crippen LogP contribution in [0.15, 0.2) is 36.0 Å². The quantitative estimate of drug-likeness (QED) is 0.661. The van der Waals surface area contributed by atoms with Crippen LogP contribution in [0.3, 0.4) is 0 Å². The molecule has 1 aromatic carbocycles. The van der Waals surface area contributed by atoms with Crippen molar-refractivity contribution in [3.63, 3.8) is 0 Å². The molecule has 0 radical (unpaired) electrons. The molecule has 1 amide bonds. The van der Waals surface area contributed by atoms with E-state index in [1.807, 2.05) is 11.0 Å². The molecule has 2 atom stereocenters. The third-order valence-corrected chi connectivity index (χ3v) is 4.02. The fourth-order valence-electron chi connectivity index (χ4n) is 3.11. The summed E-state index contributed by atoms with van der Waals surface area (Å²) in [6.07, 6.45) is -1.91. The molecule has 0 aliphatic carbocycles. The highest BCUT2D eigenvalue weighted by Gasteiger charge is 2.30. The fraction of sp³-hybridized carbons (Fsp3) is 0.444. The molecule has 1 aromatic rings. The van der Waals surface area contributed by atoms with Crippen LogP contribution < -0.4 is 5.32 Å². The summed E-state index contributed by atoms with van der Waals surface area (Å²) in [5, 5.41) is 11.6. The third kappa shape index (κ3) is 5.24. The van der Waals surface area contributed by atoms with Crippen LogP contribution in [-0.2, 0) is 11.0 Å². The van der Waals surface area contributed by atoms with E-state index in [-0.39, 0.29) is 11.3 Å². The number of likely N-dealkylation sites (tertiary alicyclic amines) is 1. The maximum Gasteiger partial charge on any atom is 0.416 e. The maximum atomic E-state index is 12.7. The van der Waals surface area contributed by atoms with Crippen LogP contribution in [0.4, 0.5) is 18.9 Å². The van der Waals surface area contributed by atoms with Gasteiger partial charge >= 0.3 is 6.18 Å². The van der Waals surface area contributed by atoms with E-state index in [2.05, 4.69) is 19.2 Å². The highest BCUT2D eigenvalue weighted by atomic mass is 19.4. The summed E-state index contributed by atoms with van der Waals surface area (Å²) < 4.78 is 38.2. The van der Waals surface area contributed by atoms with Crippen molar-refractivity contribution in [3.8, 4) is 6.07 Å². The average Bonchev–Trinajstić information content (AvgIpc) is 2.51. The van der Waals surface area contributed by atoms with Crippen molar-refractivity contribution in [3.05, 3.63) is 41.6 Å². The zero-order valence-electron chi connectivity index (χ0n) is 14.1. The van der Waals surface area contributed by atoms with Gasteiger partial charge in [-0.15, -0.1) is 0 Å². The van der Waals surface area contributed by atoms with Crippen LogP contribution in [0, 0.1) is 23.2 Å². The number of rotatable bonds is 3. The normalized spacial score (nSPS) is 21.6. The molecule has 1 N–H and O–H groups in total. The van der Waals surface area contributed by atoms with E-state index in [0.29, 0.717) is 11.8 Å². The highest BCUT2D eigenvalue weighted by molar-refractivity contribution is 6.06. The number of carbonyl (C=O) groups is 1. The van der Waals surface area contributed by atoms with Crippen LogP contribution in [-0.4, -0.2) is 23.9 Å². The largest absolute Gasteiger partial charge is 0.416 e. The van der Waals surface area contributed by atoms with Gasteiger partial charge in [0.05, 0.1) is 5.56 Å². The Morgan fingerprint density at radius 3 is 2.52 bits per heavy atom. The first-order chi connectivity index (χ1) is 11.7. The minimum absolute atomic E-state index is 0.00125. The second-order valence-corrected chi connectivity index (χ2v) is 6.59. The number of nitrogens with one attached hydrogen (secondary N) is 1. The number of amides is 1. The second-order valence-electron chi connectivity index (χ2n) is 6.59. The van der Waals surface area contributed by atoms with Crippen LogP contribution in [0.25, 0.3) is 0 Å². The summed E-state index contributed by atoms with van der Waals surface area (Å²) in [6, 6.07) is 6.16. The van der Waals surface area contributed by atoms with Gasteiger partial charge in [0.1, 0.15) is 11.6 Å². The van der Waals surface area contributed by atoms with Gasteiger partial charge in [0.25, 0.3) is 5.91 Å². The zero-order chi connectivity index (χ0) is 18.6. The molecule has 25 heavy (non-hydrogen) atoms. The summed E-state index contributed by atoms with van der Waals surface area (Å²) in [7, 11) is 0. The Bertz CT molecular complexity index is 696. The summed E-state index contributed by atoms with van der Waals surface area (Å²) in [5.74, 6) is 0.186. The first kappa shape index (κ1) is 18.8. The van der Waals surface area contributed by atoms with Crippen molar-refractivity contribution in [2.75, 3.05) is 18.4 Å². The Balaban J connectivity index is 2.13. The van der Waals surface area contributed by atoms with E-state index < -0.39 is 17.6 Å². The lowest BCUT2D eigenvalue weighted by molar-refractivity contribution is -0.137. The number of benzene rings is 1. The summed E-state index contributed by atoms with van der Waals surface area (Å²) in [6.45, 7) is 5.69. The van der Waals surface area contributed by atoms with Gasteiger partial charge in [0, 0.05) is 25.0 Å². The minimum atomic E-state index is -4.49. The van der Waals surface area contributed by atoms with E-state index in [9.17, 15) is 23.2 Å². The van der Waals surface area contributed by atoms with Crippen molar-refractivity contribution in [1.82, 2.24) is 4.90 Å². The van der Waals surface area contributed by atoms with Crippen molar-refractivity contribution >= 4 is 11.6 Å². The fourth-order valence-corrected chi connectivity index (χ4v) is 3.11. The van der Waals surface area contributed by atoms with Crippen LogP contribution >= 0.6 is 0 Å². The zero-order valence-corrected chi connectivity index (χ0v) is 14.1. The molecule has 2 unspecified atom stereocenters. The van der Waals surface area contributed by atoms with Gasteiger partial charge in [-0.2, -0.15) is 18.4 Å². The maximum absolute atomic E-state index is 12.7. The molecular weight excluding hydrogens is 331 g/mol. The van der Waals surface area contributed by atoms with Crippen molar-refractivity contribution in [2.24, 2.45) is 11.8 Å². The van der Waals surface area contributed by atoms with Crippen LogP contribution in [0.5, 0.6) is 0 Å². The summed E-state index contributed by atoms with van der Waals surface area (Å²) in [4.78, 5) is 14.2. The number of anilines is 1.